The van der Waals surface area contributed by atoms with Crippen molar-refractivity contribution in [1.82, 2.24) is 10.9 Å². The number of aryl methyl sites for hydroxylation is 2. The summed E-state index contributed by atoms with van der Waals surface area (Å²) in [5.41, 5.74) is 8.95. The van der Waals surface area contributed by atoms with Gasteiger partial charge < -0.3 is 5.32 Å². The van der Waals surface area contributed by atoms with Gasteiger partial charge in [-0.05, 0) is 67.1 Å². The van der Waals surface area contributed by atoms with Crippen molar-refractivity contribution >= 4 is 40.3 Å². The van der Waals surface area contributed by atoms with E-state index in [0.29, 0.717) is 11.0 Å². The van der Waals surface area contributed by atoms with Crippen molar-refractivity contribution in [3.05, 3.63) is 51.2 Å². The van der Waals surface area contributed by atoms with Crippen molar-refractivity contribution in [1.29, 1.82) is 0 Å². The molecular formula is C19H23N3OS2. The summed E-state index contributed by atoms with van der Waals surface area (Å²) in [6.07, 6.45) is 4.27. The molecular weight excluding hydrogens is 350 g/mol. The number of carbonyl (C=O) groups is 1. The van der Waals surface area contributed by atoms with Gasteiger partial charge in [0.05, 0.1) is 4.88 Å². The largest absolute Gasteiger partial charge is 0.331 e. The minimum Gasteiger partial charge on any atom is -0.331 e. The van der Waals surface area contributed by atoms with Crippen molar-refractivity contribution in [3.8, 4) is 0 Å². The first-order chi connectivity index (χ1) is 12.1. The van der Waals surface area contributed by atoms with E-state index in [0.717, 1.165) is 29.8 Å². The van der Waals surface area contributed by atoms with Crippen molar-refractivity contribution < 1.29 is 4.79 Å². The Hall–Kier alpha value is -1.92. The molecule has 4 nitrogen and oxygen atoms in total. The summed E-state index contributed by atoms with van der Waals surface area (Å²) in [5, 5.41) is 3.51. The maximum absolute atomic E-state index is 12.4. The predicted octanol–water partition coefficient (Wildman–Crippen LogP) is 4.07. The number of nitrogens with one attached hydrogen (secondary N) is 3. The van der Waals surface area contributed by atoms with E-state index in [1.54, 1.807) is 11.3 Å². The fourth-order valence-electron chi connectivity index (χ4n) is 3.10. The van der Waals surface area contributed by atoms with Crippen LogP contribution in [-0.4, -0.2) is 11.0 Å². The first kappa shape index (κ1) is 17.9. The van der Waals surface area contributed by atoms with E-state index >= 15 is 0 Å². The topological polar surface area (TPSA) is 53.2 Å². The van der Waals surface area contributed by atoms with Crippen LogP contribution in [0.5, 0.6) is 0 Å². The van der Waals surface area contributed by atoms with Gasteiger partial charge in [-0.3, -0.25) is 15.6 Å². The van der Waals surface area contributed by atoms with E-state index in [-0.39, 0.29) is 5.91 Å². The van der Waals surface area contributed by atoms with E-state index in [1.807, 2.05) is 24.3 Å². The molecule has 6 heteroatoms. The van der Waals surface area contributed by atoms with Crippen LogP contribution in [0.2, 0.25) is 0 Å². The molecule has 132 valence electrons. The van der Waals surface area contributed by atoms with E-state index in [1.165, 1.54) is 22.4 Å². The lowest BCUT2D eigenvalue weighted by molar-refractivity contribution is 0.0948. The number of rotatable bonds is 3. The second-order valence-corrected chi connectivity index (χ2v) is 8.00. The third-order valence-electron chi connectivity index (χ3n) is 4.49. The molecule has 1 aromatic heterocycles. The van der Waals surface area contributed by atoms with Gasteiger partial charge in [-0.1, -0.05) is 32.0 Å². The standard InChI is InChI=1S/C19H23N3OS2/c1-3-13-6-4-5-7-15(13)20-19(24)22-21-18(23)17-11-14-10-12(2)8-9-16(14)25-17/h4-7,11-12H,3,8-10H2,1-2H3,(H,21,23)(H2,20,22,24). The number of fused-ring (bicyclic) bond motifs is 1. The highest BCUT2D eigenvalue weighted by molar-refractivity contribution is 7.80. The number of thiocarbonyl (C=S) groups is 1. The second-order valence-electron chi connectivity index (χ2n) is 6.45. The summed E-state index contributed by atoms with van der Waals surface area (Å²) in [6, 6.07) is 10.0. The van der Waals surface area contributed by atoms with Gasteiger partial charge in [0.2, 0.25) is 0 Å². The zero-order valence-electron chi connectivity index (χ0n) is 14.5. The van der Waals surface area contributed by atoms with Crippen molar-refractivity contribution in [3.63, 3.8) is 0 Å². The quantitative estimate of drug-likeness (QED) is 0.561. The predicted molar refractivity (Wildman–Crippen MR) is 108 cm³/mol. The van der Waals surface area contributed by atoms with E-state index in [2.05, 4.69) is 36.1 Å². The molecule has 1 atom stereocenters. The number of hydrazine groups is 1. The van der Waals surface area contributed by atoms with Crippen molar-refractivity contribution in [2.75, 3.05) is 5.32 Å². The number of para-hydroxylation sites is 1. The van der Waals surface area contributed by atoms with Crippen molar-refractivity contribution in [2.45, 2.75) is 39.5 Å². The Balaban J connectivity index is 1.56. The molecule has 1 unspecified atom stereocenters. The van der Waals surface area contributed by atoms with Gasteiger partial charge in [-0.15, -0.1) is 11.3 Å². The molecule has 0 spiro atoms. The molecule has 1 aliphatic rings. The zero-order chi connectivity index (χ0) is 17.8. The normalized spacial score (nSPS) is 16.0. The Morgan fingerprint density at radius 3 is 2.92 bits per heavy atom. The Labute approximate surface area is 158 Å². The first-order valence-corrected chi connectivity index (χ1v) is 9.86. The lowest BCUT2D eigenvalue weighted by Crippen LogP contribution is -2.43. The highest BCUT2D eigenvalue weighted by atomic mass is 32.1. The SMILES string of the molecule is CCc1ccccc1NC(=S)NNC(=O)c1cc2c(s1)CCC(C)C2. The number of hydrogen-bond donors (Lipinski definition) is 3. The van der Waals surface area contributed by atoms with Crippen LogP contribution < -0.4 is 16.2 Å². The summed E-state index contributed by atoms with van der Waals surface area (Å²) >= 11 is 6.87. The molecule has 3 N–H and O–H groups in total. The number of thiophene rings is 1. The third-order valence-corrected chi connectivity index (χ3v) is 5.93. The number of amides is 1. The fourth-order valence-corrected chi connectivity index (χ4v) is 4.36. The average molecular weight is 374 g/mol. The van der Waals surface area contributed by atoms with Gasteiger partial charge in [0.15, 0.2) is 5.11 Å². The fraction of sp³-hybridized carbons (Fsp3) is 0.368. The van der Waals surface area contributed by atoms with Crippen LogP contribution in [0.15, 0.2) is 30.3 Å². The van der Waals surface area contributed by atoms with Gasteiger partial charge in [-0.2, -0.15) is 0 Å². The molecule has 0 fully saturated rings. The molecule has 1 aliphatic carbocycles. The summed E-state index contributed by atoms with van der Waals surface area (Å²) in [6.45, 7) is 4.36. The molecule has 2 aromatic rings. The maximum atomic E-state index is 12.4. The summed E-state index contributed by atoms with van der Waals surface area (Å²) in [5.74, 6) is 0.562. The Morgan fingerprint density at radius 1 is 1.32 bits per heavy atom. The van der Waals surface area contributed by atoms with Gasteiger partial charge in [-0.25, -0.2) is 0 Å². The van der Waals surface area contributed by atoms with Crippen LogP contribution in [0.3, 0.4) is 0 Å². The van der Waals surface area contributed by atoms with E-state index in [9.17, 15) is 4.79 Å². The minimum absolute atomic E-state index is 0.139. The monoisotopic (exact) mass is 373 g/mol. The van der Waals surface area contributed by atoms with Crippen LogP contribution in [0.25, 0.3) is 0 Å². The molecule has 1 heterocycles. The smallest absolute Gasteiger partial charge is 0.279 e. The number of anilines is 1. The molecule has 0 radical (unpaired) electrons. The number of benzene rings is 1. The summed E-state index contributed by atoms with van der Waals surface area (Å²) in [4.78, 5) is 14.5. The highest BCUT2D eigenvalue weighted by Gasteiger charge is 2.20. The highest BCUT2D eigenvalue weighted by Crippen LogP contribution is 2.32. The Bertz CT molecular complexity index is 785. The van der Waals surface area contributed by atoms with Gasteiger partial charge in [0, 0.05) is 10.6 Å². The molecule has 1 aromatic carbocycles. The molecule has 0 aliphatic heterocycles. The van der Waals surface area contributed by atoms with Gasteiger partial charge >= 0.3 is 0 Å². The third kappa shape index (κ3) is 4.38. The first-order valence-electron chi connectivity index (χ1n) is 8.63. The van der Waals surface area contributed by atoms with Gasteiger partial charge in [0.25, 0.3) is 5.91 Å². The molecule has 25 heavy (non-hydrogen) atoms. The van der Waals surface area contributed by atoms with Crippen LogP contribution >= 0.6 is 23.6 Å². The number of carbonyl (C=O) groups excluding carboxylic acids is 1. The maximum Gasteiger partial charge on any atom is 0.279 e. The zero-order valence-corrected chi connectivity index (χ0v) is 16.2. The molecule has 0 saturated heterocycles. The molecule has 1 amide bonds. The summed E-state index contributed by atoms with van der Waals surface area (Å²) < 4.78 is 0. The van der Waals surface area contributed by atoms with Crippen LogP contribution in [0.1, 0.15) is 45.9 Å². The van der Waals surface area contributed by atoms with Gasteiger partial charge in [0.1, 0.15) is 0 Å². The van der Waals surface area contributed by atoms with Crippen molar-refractivity contribution in [2.24, 2.45) is 5.92 Å². The Kier molecular flexibility index (Phi) is 5.71. The van der Waals surface area contributed by atoms with E-state index in [4.69, 9.17) is 12.2 Å². The minimum atomic E-state index is -0.139. The molecule has 0 bridgehead atoms. The molecule has 3 rings (SSSR count). The van der Waals surface area contributed by atoms with E-state index < -0.39 is 0 Å². The molecule has 0 saturated carbocycles. The Morgan fingerprint density at radius 2 is 2.12 bits per heavy atom. The number of hydrogen-bond acceptors (Lipinski definition) is 3. The van der Waals surface area contributed by atoms with Crippen LogP contribution in [0, 0.1) is 5.92 Å². The lowest BCUT2D eigenvalue weighted by atomic mass is 9.90. The average Bonchev–Trinajstić information content (AvgIpc) is 3.03. The van der Waals surface area contributed by atoms with Crippen LogP contribution in [-0.2, 0) is 19.3 Å². The summed E-state index contributed by atoms with van der Waals surface area (Å²) in [7, 11) is 0. The van der Waals surface area contributed by atoms with Crippen LogP contribution in [0.4, 0.5) is 5.69 Å². The second kappa shape index (κ2) is 7.97. The lowest BCUT2D eigenvalue weighted by Gasteiger charge is -2.16.